The molecule has 0 fully saturated rings. The van der Waals surface area contributed by atoms with E-state index >= 15 is 0 Å². The number of hydrogen-bond acceptors (Lipinski definition) is 1. The molecule has 0 saturated carbocycles. The molecule has 0 amide bonds. The number of aryl methyl sites for hydroxylation is 1. The topological polar surface area (TPSA) is 14.2 Å². The van der Waals surface area contributed by atoms with Crippen molar-refractivity contribution in [1.82, 2.24) is 4.57 Å². The van der Waals surface area contributed by atoms with Crippen LogP contribution in [0.5, 0.6) is 0 Å². The molecule has 0 spiro atoms. The molecule has 7 rings (SSSR count). The first-order valence-electron chi connectivity index (χ1n) is 16.3. The Labute approximate surface area is 258 Å². The zero-order valence-electron chi connectivity index (χ0n) is 26.5. The van der Waals surface area contributed by atoms with Gasteiger partial charge < -0.3 is 9.30 Å². The average molecular weight is 584 g/mol. The summed E-state index contributed by atoms with van der Waals surface area (Å²) in [5.74, 6) is 0. The van der Waals surface area contributed by atoms with Crippen LogP contribution >= 0.6 is 0 Å². The molecule has 220 valence electrons. The number of nitrogens with zero attached hydrogens (tertiary/aromatic N) is 1. The van der Waals surface area contributed by atoms with Crippen LogP contribution in [-0.2, 0) is 11.8 Å². The molecule has 3 heteroatoms. The molecule has 2 aliphatic rings. The van der Waals surface area contributed by atoms with Crippen molar-refractivity contribution in [3.05, 3.63) is 119 Å². The molecule has 2 nitrogen and oxygen atoms in total. The molecule has 0 aliphatic heterocycles. The highest BCUT2D eigenvalue weighted by molar-refractivity contribution is 6.83. The van der Waals surface area contributed by atoms with E-state index in [0.29, 0.717) is 11.1 Å². The molecule has 2 unspecified atom stereocenters. The Morgan fingerprint density at radius 2 is 1.19 bits per heavy atom. The minimum Gasteiger partial charge on any atom is -0.376 e. The monoisotopic (exact) mass is 583 g/mol. The van der Waals surface area contributed by atoms with E-state index in [2.05, 4.69) is 136 Å². The van der Waals surface area contributed by atoms with Crippen molar-refractivity contribution in [3.8, 4) is 22.4 Å². The molecule has 1 heterocycles. The normalized spacial score (nSPS) is 17.0. The fourth-order valence-electron chi connectivity index (χ4n) is 8.51. The van der Waals surface area contributed by atoms with Crippen molar-refractivity contribution in [2.45, 2.75) is 75.7 Å². The summed E-state index contributed by atoms with van der Waals surface area (Å²) in [5, 5.41) is 1.44. The summed E-state index contributed by atoms with van der Waals surface area (Å²) in [6, 6.07) is 38.4. The summed E-state index contributed by atoms with van der Waals surface area (Å²) in [6.07, 6.45) is 4.92. The average Bonchev–Trinajstić information content (AvgIpc) is 3.63. The van der Waals surface area contributed by atoms with E-state index < -0.39 is 8.07 Å². The predicted octanol–water partition coefficient (Wildman–Crippen LogP) is 10.6. The second kappa shape index (κ2) is 10.9. The fourth-order valence-corrected chi connectivity index (χ4v) is 14.3. The van der Waals surface area contributed by atoms with Gasteiger partial charge in [-0.1, -0.05) is 123 Å². The maximum atomic E-state index is 6.05. The summed E-state index contributed by atoms with van der Waals surface area (Å²) in [4.78, 5) is 0. The quantitative estimate of drug-likeness (QED) is 0.124. The van der Waals surface area contributed by atoms with Crippen molar-refractivity contribution >= 4 is 19.0 Å². The van der Waals surface area contributed by atoms with E-state index in [1.165, 1.54) is 58.6 Å². The van der Waals surface area contributed by atoms with Gasteiger partial charge in [0, 0.05) is 41.2 Å². The van der Waals surface area contributed by atoms with Gasteiger partial charge in [0.05, 0.1) is 19.4 Å². The lowest BCUT2D eigenvalue weighted by molar-refractivity contribution is -0.00471. The van der Waals surface area contributed by atoms with Crippen LogP contribution in [0, 0.1) is 0 Å². The number of aromatic nitrogens is 1. The van der Waals surface area contributed by atoms with Crippen LogP contribution in [-0.4, -0.2) is 24.8 Å². The Morgan fingerprint density at radius 3 is 1.84 bits per heavy atom. The number of fused-ring (bicyclic) bond motifs is 8. The molecule has 0 N–H and O–H groups in total. The third-order valence-corrected chi connectivity index (χ3v) is 15.5. The fraction of sp³-hybridized carbons (Fsp3) is 0.350. The van der Waals surface area contributed by atoms with E-state index in [1.807, 2.05) is 0 Å². The zero-order valence-corrected chi connectivity index (χ0v) is 27.5. The van der Waals surface area contributed by atoms with Gasteiger partial charge in [0.1, 0.15) is 0 Å². The molecule has 0 saturated heterocycles. The first-order valence-corrected chi connectivity index (χ1v) is 19.1. The summed E-state index contributed by atoms with van der Waals surface area (Å²) in [5.41, 5.74) is 14.3. The Bertz CT molecular complexity index is 1750. The van der Waals surface area contributed by atoms with Gasteiger partial charge in [-0.15, -0.1) is 0 Å². The number of rotatable bonds is 9. The van der Waals surface area contributed by atoms with E-state index in [-0.39, 0.29) is 5.60 Å². The highest BCUT2D eigenvalue weighted by Gasteiger charge is 2.53. The van der Waals surface area contributed by atoms with Crippen LogP contribution < -0.4 is 0 Å². The standard InChI is InChI=1S/C40H45NOSi/c1-40(2,3)42-26-16-6-7-17-27-43(5,38-31-21-11-8-18-28(31)29-19-9-12-22-32(29)38)39-33-23-13-10-20-30(33)37-36(39)34-24-14-15-25-35(34)41(37)4/h8-15,18-25,38-39H,6-7,16-17,26-27H2,1-5H3. The maximum absolute atomic E-state index is 6.05. The largest absolute Gasteiger partial charge is 0.376 e. The smallest absolute Gasteiger partial charge is 0.0762 e. The first kappa shape index (κ1) is 28.4. The number of benzene rings is 4. The van der Waals surface area contributed by atoms with Crippen LogP contribution in [0.4, 0.5) is 0 Å². The molecule has 2 atom stereocenters. The zero-order chi connectivity index (χ0) is 29.8. The van der Waals surface area contributed by atoms with Crippen molar-refractivity contribution in [3.63, 3.8) is 0 Å². The predicted molar refractivity (Wildman–Crippen MR) is 185 cm³/mol. The molecule has 5 aromatic rings. The third-order valence-electron chi connectivity index (χ3n) is 10.3. The van der Waals surface area contributed by atoms with Crippen molar-refractivity contribution in [2.75, 3.05) is 6.61 Å². The number of hydrogen-bond donors (Lipinski definition) is 0. The SMILES string of the molecule is Cn1c2c(c3ccccc31)C([Si](C)(CCCCCCOC(C)(C)C)C1c3ccccc3-c3ccccc31)c1ccccc1-2. The molecule has 0 bridgehead atoms. The third kappa shape index (κ3) is 4.73. The minimum atomic E-state index is -2.14. The van der Waals surface area contributed by atoms with Gasteiger partial charge in [0.15, 0.2) is 0 Å². The Morgan fingerprint density at radius 1 is 0.651 bits per heavy atom. The van der Waals surface area contributed by atoms with Gasteiger partial charge in [0.25, 0.3) is 0 Å². The van der Waals surface area contributed by atoms with Crippen LogP contribution in [0.2, 0.25) is 12.6 Å². The van der Waals surface area contributed by atoms with Crippen LogP contribution in [0.25, 0.3) is 33.3 Å². The van der Waals surface area contributed by atoms with Crippen LogP contribution in [0.15, 0.2) is 97.1 Å². The molecular formula is C40H45NOSi. The Balaban J connectivity index is 1.35. The molecule has 4 aromatic carbocycles. The van der Waals surface area contributed by atoms with Gasteiger partial charge in [-0.25, -0.2) is 0 Å². The second-order valence-electron chi connectivity index (χ2n) is 14.1. The molecule has 1 aromatic heterocycles. The van der Waals surface area contributed by atoms with Gasteiger partial charge in [-0.2, -0.15) is 0 Å². The minimum absolute atomic E-state index is 0.0548. The van der Waals surface area contributed by atoms with Crippen molar-refractivity contribution < 1.29 is 4.74 Å². The van der Waals surface area contributed by atoms with Gasteiger partial charge in [-0.05, 0) is 66.6 Å². The van der Waals surface area contributed by atoms with Gasteiger partial charge in [-0.3, -0.25) is 0 Å². The molecule has 43 heavy (non-hydrogen) atoms. The highest BCUT2D eigenvalue weighted by Crippen LogP contribution is 2.60. The summed E-state index contributed by atoms with van der Waals surface area (Å²) in [6.45, 7) is 10.1. The lowest BCUT2D eigenvalue weighted by Gasteiger charge is -2.41. The van der Waals surface area contributed by atoms with E-state index in [0.717, 1.165) is 13.0 Å². The Hall–Kier alpha value is -3.40. The number of unbranched alkanes of at least 4 members (excludes halogenated alkanes) is 3. The van der Waals surface area contributed by atoms with Gasteiger partial charge in [0.2, 0.25) is 0 Å². The molecule has 2 aliphatic carbocycles. The number of para-hydroxylation sites is 1. The van der Waals surface area contributed by atoms with Crippen molar-refractivity contribution in [1.29, 1.82) is 0 Å². The van der Waals surface area contributed by atoms with Crippen LogP contribution in [0.3, 0.4) is 0 Å². The molecule has 0 radical (unpaired) electrons. The summed E-state index contributed by atoms with van der Waals surface area (Å²) < 4.78 is 8.52. The maximum Gasteiger partial charge on any atom is 0.0762 e. The van der Waals surface area contributed by atoms with Gasteiger partial charge >= 0.3 is 0 Å². The molecular weight excluding hydrogens is 539 g/mol. The summed E-state index contributed by atoms with van der Waals surface area (Å²) in [7, 11) is 0.142. The van der Waals surface area contributed by atoms with E-state index in [1.54, 1.807) is 22.3 Å². The van der Waals surface area contributed by atoms with E-state index in [9.17, 15) is 0 Å². The lowest BCUT2D eigenvalue weighted by Crippen LogP contribution is -2.45. The van der Waals surface area contributed by atoms with E-state index in [4.69, 9.17) is 4.74 Å². The highest BCUT2D eigenvalue weighted by atomic mass is 28.3. The van der Waals surface area contributed by atoms with Crippen LogP contribution in [0.1, 0.15) is 79.8 Å². The lowest BCUT2D eigenvalue weighted by atomic mass is 10.1. The summed E-state index contributed by atoms with van der Waals surface area (Å²) >= 11 is 0. The second-order valence-corrected chi connectivity index (χ2v) is 18.8. The number of ether oxygens (including phenoxy) is 1. The Kier molecular flexibility index (Phi) is 7.22. The van der Waals surface area contributed by atoms with Crippen molar-refractivity contribution in [2.24, 2.45) is 7.05 Å². The first-order chi connectivity index (χ1) is 20.8.